The summed E-state index contributed by atoms with van der Waals surface area (Å²) in [5.74, 6) is 0.237. The minimum absolute atomic E-state index is 0.145. The molecule has 2 aromatic rings. The highest BCUT2D eigenvalue weighted by atomic mass is 16.5. The molecule has 1 saturated heterocycles. The Hall–Kier alpha value is -3.15. The van der Waals surface area contributed by atoms with Crippen LogP contribution in [-0.4, -0.2) is 29.7 Å². The smallest absolute Gasteiger partial charge is 0.251 e. The molecule has 26 heavy (non-hydrogen) atoms. The van der Waals surface area contributed by atoms with Crippen molar-refractivity contribution in [1.29, 1.82) is 0 Å². The van der Waals surface area contributed by atoms with Crippen LogP contribution in [0.15, 0.2) is 48.5 Å². The lowest BCUT2D eigenvalue weighted by Crippen LogP contribution is -2.28. The summed E-state index contributed by atoms with van der Waals surface area (Å²) in [6.07, 6.45) is 0.560. The Balaban J connectivity index is 1.60. The number of imide groups is 1. The average Bonchev–Trinajstić information content (AvgIpc) is 2.99. The zero-order chi connectivity index (χ0) is 18.5. The van der Waals surface area contributed by atoms with E-state index in [1.807, 2.05) is 24.3 Å². The van der Waals surface area contributed by atoms with Gasteiger partial charge >= 0.3 is 0 Å². The summed E-state index contributed by atoms with van der Waals surface area (Å²) in [5, 5.41) is 2.86. The van der Waals surface area contributed by atoms with E-state index in [0.29, 0.717) is 12.1 Å². The highest BCUT2D eigenvalue weighted by molar-refractivity contribution is 6.01. The van der Waals surface area contributed by atoms with Gasteiger partial charge in [0.2, 0.25) is 11.8 Å². The molecule has 3 rings (SSSR count). The van der Waals surface area contributed by atoms with E-state index < -0.39 is 0 Å². The number of carbonyl (C=O) groups excluding carboxylic acids is 3. The van der Waals surface area contributed by atoms with Crippen LogP contribution in [0.3, 0.4) is 0 Å². The first-order valence-electron chi connectivity index (χ1n) is 8.40. The average molecular weight is 352 g/mol. The van der Waals surface area contributed by atoms with Crippen molar-refractivity contribution in [2.75, 3.05) is 7.11 Å². The second-order valence-corrected chi connectivity index (χ2v) is 6.07. The van der Waals surface area contributed by atoms with Crippen LogP contribution in [0.1, 0.15) is 34.3 Å². The van der Waals surface area contributed by atoms with Crippen molar-refractivity contribution in [3.63, 3.8) is 0 Å². The first kappa shape index (κ1) is 17.7. The molecule has 134 valence electrons. The van der Waals surface area contributed by atoms with Crippen LogP contribution >= 0.6 is 0 Å². The van der Waals surface area contributed by atoms with Gasteiger partial charge < -0.3 is 10.1 Å². The number of nitrogens with one attached hydrogen (secondary N) is 1. The SMILES string of the molecule is COc1ccccc1CNC(=O)c1ccc(CN2C(=O)CCC2=O)cc1. The van der Waals surface area contributed by atoms with E-state index in [9.17, 15) is 14.4 Å². The number of likely N-dealkylation sites (tertiary alicyclic amines) is 1. The molecule has 0 aliphatic carbocycles. The molecule has 3 amide bonds. The van der Waals surface area contributed by atoms with Gasteiger partial charge in [-0.05, 0) is 23.8 Å². The van der Waals surface area contributed by atoms with Gasteiger partial charge in [0, 0.05) is 30.5 Å². The van der Waals surface area contributed by atoms with E-state index in [0.717, 1.165) is 16.9 Å². The normalized spacial score (nSPS) is 13.8. The molecule has 1 fully saturated rings. The lowest BCUT2D eigenvalue weighted by atomic mass is 10.1. The minimum Gasteiger partial charge on any atom is -0.496 e. The Bertz CT molecular complexity index is 814. The number of carbonyl (C=O) groups is 3. The second-order valence-electron chi connectivity index (χ2n) is 6.07. The van der Waals surface area contributed by atoms with Crippen LogP contribution in [0.25, 0.3) is 0 Å². The van der Waals surface area contributed by atoms with Crippen molar-refractivity contribution < 1.29 is 19.1 Å². The first-order chi connectivity index (χ1) is 12.6. The third kappa shape index (κ3) is 3.91. The van der Waals surface area contributed by atoms with Crippen LogP contribution in [0.4, 0.5) is 0 Å². The summed E-state index contributed by atoms with van der Waals surface area (Å²) in [7, 11) is 1.59. The number of nitrogens with zero attached hydrogens (tertiary/aromatic N) is 1. The zero-order valence-corrected chi connectivity index (χ0v) is 14.5. The Morgan fingerprint density at radius 1 is 1.04 bits per heavy atom. The van der Waals surface area contributed by atoms with E-state index >= 15 is 0 Å². The number of methoxy groups -OCH3 is 1. The largest absolute Gasteiger partial charge is 0.496 e. The molecule has 0 saturated carbocycles. The van der Waals surface area contributed by atoms with Crippen molar-refractivity contribution in [2.45, 2.75) is 25.9 Å². The van der Waals surface area contributed by atoms with Gasteiger partial charge in [0.05, 0.1) is 13.7 Å². The van der Waals surface area contributed by atoms with E-state index in [-0.39, 0.29) is 37.1 Å². The van der Waals surface area contributed by atoms with Crippen LogP contribution < -0.4 is 10.1 Å². The third-order valence-electron chi connectivity index (χ3n) is 4.34. The molecule has 6 nitrogen and oxygen atoms in total. The molecule has 1 heterocycles. The van der Waals surface area contributed by atoms with Crippen LogP contribution in [0.5, 0.6) is 5.75 Å². The standard InChI is InChI=1S/C20H20N2O4/c1-26-17-5-3-2-4-16(17)12-21-20(25)15-8-6-14(7-9-15)13-22-18(23)10-11-19(22)24/h2-9H,10-13H2,1H3,(H,21,25). The fraction of sp³-hybridized carbons (Fsp3) is 0.250. The van der Waals surface area contributed by atoms with Crippen molar-refractivity contribution >= 4 is 17.7 Å². The van der Waals surface area contributed by atoms with E-state index in [1.54, 1.807) is 31.4 Å². The molecule has 6 heteroatoms. The number of hydrogen-bond donors (Lipinski definition) is 1. The Morgan fingerprint density at radius 2 is 1.69 bits per heavy atom. The number of para-hydroxylation sites is 1. The van der Waals surface area contributed by atoms with Crippen molar-refractivity contribution in [3.05, 3.63) is 65.2 Å². The second kappa shape index (κ2) is 7.82. The highest BCUT2D eigenvalue weighted by Gasteiger charge is 2.28. The van der Waals surface area contributed by atoms with E-state index in [1.165, 1.54) is 4.90 Å². The van der Waals surface area contributed by atoms with Gasteiger partial charge in [-0.15, -0.1) is 0 Å². The molecule has 0 aromatic heterocycles. The number of hydrogen-bond acceptors (Lipinski definition) is 4. The third-order valence-corrected chi connectivity index (χ3v) is 4.34. The van der Waals surface area contributed by atoms with Gasteiger partial charge in [0.1, 0.15) is 5.75 Å². The maximum atomic E-state index is 12.3. The Morgan fingerprint density at radius 3 is 2.35 bits per heavy atom. The molecule has 0 atom stereocenters. The number of benzene rings is 2. The lowest BCUT2D eigenvalue weighted by molar-refractivity contribution is -0.139. The summed E-state index contributed by atoms with van der Waals surface area (Å²) in [6, 6.07) is 14.4. The fourth-order valence-corrected chi connectivity index (χ4v) is 2.87. The maximum absolute atomic E-state index is 12.3. The molecular weight excluding hydrogens is 332 g/mol. The minimum atomic E-state index is -0.198. The van der Waals surface area contributed by atoms with Gasteiger partial charge in [-0.1, -0.05) is 30.3 Å². The van der Waals surface area contributed by atoms with Crippen LogP contribution in [-0.2, 0) is 22.7 Å². The van der Waals surface area contributed by atoms with Crippen molar-refractivity contribution in [2.24, 2.45) is 0 Å². The molecule has 0 bridgehead atoms. The van der Waals surface area contributed by atoms with Gasteiger partial charge in [-0.2, -0.15) is 0 Å². The topological polar surface area (TPSA) is 75.7 Å². The summed E-state index contributed by atoms with van der Waals surface area (Å²) in [4.78, 5) is 36.9. The van der Waals surface area contributed by atoms with Crippen molar-refractivity contribution in [3.8, 4) is 5.75 Å². The quantitative estimate of drug-likeness (QED) is 0.809. The van der Waals surface area contributed by atoms with Gasteiger partial charge in [0.25, 0.3) is 5.91 Å². The maximum Gasteiger partial charge on any atom is 0.251 e. The number of amides is 3. The zero-order valence-electron chi connectivity index (χ0n) is 14.5. The predicted octanol–water partition coefficient (Wildman–Crippen LogP) is 2.27. The molecule has 1 N–H and O–H groups in total. The van der Waals surface area contributed by atoms with Crippen molar-refractivity contribution in [1.82, 2.24) is 10.2 Å². The Kier molecular flexibility index (Phi) is 5.31. The molecule has 2 aromatic carbocycles. The summed E-state index contributed by atoms with van der Waals surface area (Å²) in [5.41, 5.74) is 2.23. The van der Waals surface area contributed by atoms with Gasteiger partial charge in [0.15, 0.2) is 0 Å². The van der Waals surface area contributed by atoms with Gasteiger partial charge in [-0.25, -0.2) is 0 Å². The predicted molar refractivity (Wildman–Crippen MR) is 95.4 cm³/mol. The molecule has 0 spiro atoms. The van der Waals surface area contributed by atoms with Crippen LogP contribution in [0, 0.1) is 0 Å². The summed E-state index contributed by atoms with van der Waals surface area (Å²) in [6.45, 7) is 0.613. The lowest BCUT2D eigenvalue weighted by Gasteiger charge is -2.14. The summed E-state index contributed by atoms with van der Waals surface area (Å²) >= 11 is 0. The summed E-state index contributed by atoms with van der Waals surface area (Å²) < 4.78 is 5.27. The monoisotopic (exact) mass is 352 g/mol. The molecular formula is C20H20N2O4. The first-order valence-corrected chi connectivity index (χ1v) is 8.40. The molecule has 0 radical (unpaired) electrons. The number of ether oxygens (including phenoxy) is 1. The van der Waals surface area contributed by atoms with E-state index in [4.69, 9.17) is 4.74 Å². The van der Waals surface area contributed by atoms with E-state index in [2.05, 4.69) is 5.32 Å². The fourth-order valence-electron chi connectivity index (χ4n) is 2.87. The Labute approximate surface area is 151 Å². The highest BCUT2D eigenvalue weighted by Crippen LogP contribution is 2.18. The molecule has 1 aliphatic heterocycles. The van der Waals surface area contributed by atoms with Crippen LogP contribution in [0.2, 0.25) is 0 Å². The van der Waals surface area contributed by atoms with Gasteiger partial charge in [-0.3, -0.25) is 19.3 Å². The molecule has 1 aliphatic rings. The molecule has 0 unspecified atom stereocenters. The number of rotatable bonds is 6.